The lowest BCUT2D eigenvalue weighted by atomic mass is 9.97. The molecule has 2 aromatic carbocycles. The van der Waals surface area contributed by atoms with Crippen LogP contribution in [0.3, 0.4) is 0 Å². The molecule has 1 aliphatic heterocycles. The number of nitrogens with zero attached hydrogens (tertiary/aromatic N) is 3. The first-order valence-corrected chi connectivity index (χ1v) is 9.11. The van der Waals surface area contributed by atoms with Crippen LogP contribution in [0.4, 0.5) is 5.69 Å². The van der Waals surface area contributed by atoms with Crippen LogP contribution in [0.15, 0.2) is 40.9 Å². The molecule has 0 saturated heterocycles. The zero-order chi connectivity index (χ0) is 19.7. The summed E-state index contributed by atoms with van der Waals surface area (Å²) in [6, 6.07) is 13.4. The average Bonchev–Trinajstić information content (AvgIpc) is 3.18. The maximum atomic E-state index is 11.9. The molecule has 4 rings (SSSR count). The Morgan fingerprint density at radius 1 is 1.21 bits per heavy atom. The number of aromatic nitrogens is 2. The number of hydrogen-bond donors (Lipinski definition) is 2. The summed E-state index contributed by atoms with van der Waals surface area (Å²) in [5, 5.41) is 19.6. The number of rotatable bonds is 4. The first kappa shape index (κ1) is 17.7. The Balaban J connectivity index is 1.65. The van der Waals surface area contributed by atoms with E-state index in [1.165, 1.54) is 0 Å². The number of nitriles is 1. The van der Waals surface area contributed by atoms with Gasteiger partial charge in [0.1, 0.15) is 6.07 Å². The monoisotopic (exact) mass is 373 g/mol. The van der Waals surface area contributed by atoms with Crippen molar-refractivity contribution in [3.05, 3.63) is 53.1 Å². The van der Waals surface area contributed by atoms with Crippen LogP contribution >= 0.6 is 0 Å². The maximum absolute atomic E-state index is 11.9. The van der Waals surface area contributed by atoms with Crippen molar-refractivity contribution in [2.45, 2.75) is 26.3 Å². The average molecular weight is 373 g/mol. The molecular formula is C21H19N5O2. The SMILES string of the molecule is CC(C)Nc1ccc(-c2nc(-c3ccc4c(c3)CCNC4=O)no2)cc1C#N. The molecule has 0 unspecified atom stereocenters. The lowest BCUT2D eigenvalue weighted by Crippen LogP contribution is -2.31. The third-order valence-electron chi connectivity index (χ3n) is 4.55. The van der Waals surface area contributed by atoms with Crippen molar-refractivity contribution >= 4 is 11.6 Å². The summed E-state index contributed by atoms with van der Waals surface area (Å²) >= 11 is 0. The number of carbonyl (C=O) groups is 1. The van der Waals surface area contributed by atoms with Crippen molar-refractivity contribution in [3.63, 3.8) is 0 Å². The summed E-state index contributed by atoms with van der Waals surface area (Å²) in [5.74, 6) is 0.741. The molecule has 7 heteroatoms. The Kier molecular flexibility index (Phi) is 4.53. The van der Waals surface area contributed by atoms with E-state index in [1.54, 1.807) is 12.1 Å². The summed E-state index contributed by atoms with van der Waals surface area (Å²) in [7, 11) is 0. The highest BCUT2D eigenvalue weighted by Gasteiger charge is 2.19. The quantitative estimate of drug-likeness (QED) is 0.726. The highest BCUT2D eigenvalue weighted by atomic mass is 16.5. The predicted octanol–water partition coefficient (Wildman–Crippen LogP) is 3.38. The van der Waals surface area contributed by atoms with Crippen molar-refractivity contribution in [2.24, 2.45) is 0 Å². The molecule has 0 fully saturated rings. The van der Waals surface area contributed by atoms with Gasteiger partial charge in [0.05, 0.1) is 11.3 Å². The molecule has 2 N–H and O–H groups in total. The van der Waals surface area contributed by atoms with Crippen molar-refractivity contribution in [1.29, 1.82) is 5.26 Å². The van der Waals surface area contributed by atoms with Crippen LogP contribution < -0.4 is 10.6 Å². The Bertz CT molecular complexity index is 1090. The summed E-state index contributed by atoms with van der Waals surface area (Å²) < 4.78 is 5.42. The molecule has 0 bridgehead atoms. The molecular weight excluding hydrogens is 354 g/mol. The molecule has 7 nitrogen and oxygen atoms in total. The second-order valence-corrected chi connectivity index (χ2v) is 6.97. The van der Waals surface area contributed by atoms with Crippen LogP contribution in [0.2, 0.25) is 0 Å². The summed E-state index contributed by atoms with van der Waals surface area (Å²) in [5.41, 5.74) is 4.43. The Labute approximate surface area is 162 Å². The summed E-state index contributed by atoms with van der Waals surface area (Å²) in [6.45, 7) is 4.66. The molecule has 1 amide bonds. The van der Waals surface area contributed by atoms with Gasteiger partial charge in [-0.15, -0.1) is 0 Å². The zero-order valence-corrected chi connectivity index (χ0v) is 15.6. The molecule has 2 heterocycles. The van der Waals surface area contributed by atoms with E-state index in [0.29, 0.717) is 35.0 Å². The van der Waals surface area contributed by atoms with Crippen molar-refractivity contribution < 1.29 is 9.32 Å². The molecule has 0 atom stereocenters. The van der Waals surface area contributed by atoms with Crippen molar-refractivity contribution in [1.82, 2.24) is 15.5 Å². The molecule has 0 spiro atoms. The van der Waals surface area contributed by atoms with Crippen LogP contribution in [0.25, 0.3) is 22.8 Å². The minimum absolute atomic E-state index is 0.0549. The van der Waals surface area contributed by atoms with Gasteiger partial charge in [-0.25, -0.2) is 0 Å². The largest absolute Gasteiger partial charge is 0.382 e. The molecule has 3 aromatic rings. The number of fused-ring (bicyclic) bond motifs is 1. The summed E-state index contributed by atoms with van der Waals surface area (Å²) in [6.07, 6.45) is 0.773. The Morgan fingerprint density at radius 2 is 2.04 bits per heavy atom. The van der Waals surface area contributed by atoms with E-state index in [-0.39, 0.29) is 11.9 Å². The standard InChI is InChI=1S/C21H19N5O2/c1-12(2)24-18-6-4-15(10-16(18)11-22)21-25-19(26-28-21)14-3-5-17-13(9-14)7-8-23-20(17)27/h3-6,9-10,12,24H,7-8H2,1-2H3,(H,23,27). The fraction of sp³-hybridized carbons (Fsp3) is 0.238. The topological polar surface area (TPSA) is 104 Å². The van der Waals surface area contributed by atoms with Gasteiger partial charge in [-0.3, -0.25) is 4.79 Å². The van der Waals surface area contributed by atoms with E-state index in [4.69, 9.17) is 4.52 Å². The highest BCUT2D eigenvalue weighted by Crippen LogP contribution is 2.27. The van der Waals surface area contributed by atoms with E-state index in [1.807, 2.05) is 38.1 Å². The normalized spacial score (nSPS) is 13.0. The fourth-order valence-electron chi connectivity index (χ4n) is 3.23. The Morgan fingerprint density at radius 3 is 2.82 bits per heavy atom. The molecule has 1 aromatic heterocycles. The number of anilines is 1. The first-order chi connectivity index (χ1) is 13.5. The third kappa shape index (κ3) is 3.32. The molecule has 140 valence electrons. The van der Waals surface area contributed by atoms with E-state index in [0.717, 1.165) is 23.2 Å². The van der Waals surface area contributed by atoms with Gasteiger partial charge < -0.3 is 15.2 Å². The fourth-order valence-corrected chi connectivity index (χ4v) is 3.23. The van der Waals surface area contributed by atoms with Gasteiger partial charge in [0.15, 0.2) is 0 Å². The summed E-state index contributed by atoms with van der Waals surface area (Å²) in [4.78, 5) is 16.4. The second-order valence-electron chi connectivity index (χ2n) is 6.97. The molecule has 0 saturated carbocycles. The van der Waals surface area contributed by atoms with E-state index in [2.05, 4.69) is 26.8 Å². The van der Waals surface area contributed by atoms with Crippen LogP contribution in [0, 0.1) is 11.3 Å². The Hall–Kier alpha value is -3.66. The van der Waals surface area contributed by atoms with Gasteiger partial charge in [-0.05, 0) is 56.2 Å². The van der Waals surface area contributed by atoms with Gasteiger partial charge in [0, 0.05) is 29.3 Å². The molecule has 28 heavy (non-hydrogen) atoms. The van der Waals surface area contributed by atoms with Crippen LogP contribution in [0.1, 0.15) is 35.3 Å². The number of benzene rings is 2. The van der Waals surface area contributed by atoms with E-state index < -0.39 is 0 Å². The van der Waals surface area contributed by atoms with Gasteiger partial charge in [0.2, 0.25) is 5.82 Å². The highest BCUT2D eigenvalue weighted by molar-refractivity contribution is 5.97. The van der Waals surface area contributed by atoms with Gasteiger partial charge in [-0.1, -0.05) is 11.2 Å². The van der Waals surface area contributed by atoms with Crippen LogP contribution in [-0.2, 0) is 6.42 Å². The van der Waals surface area contributed by atoms with E-state index in [9.17, 15) is 10.1 Å². The van der Waals surface area contributed by atoms with E-state index >= 15 is 0 Å². The van der Waals surface area contributed by atoms with Crippen LogP contribution in [-0.4, -0.2) is 28.6 Å². The lowest BCUT2D eigenvalue weighted by molar-refractivity contribution is 0.0946. The van der Waals surface area contributed by atoms with Crippen molar-refractivity contribution in [2.75, 3.05) is 11.9 Å². The minimum atomic E-state index is -0.0549. The van der Waals surface area contributed by atoms with Gasteiger partial charge in [0.25, 0.3) is 11.8 Å². The van der Waals surface area contributed by atoms with Gasteiger partial charge >= 0.3 is 0 Å². The minimum Gasteiger partial charge on any atom is -0.382 e. The first-order valence-electron chi connectivity index (χ1n) is 9.11. The maximum Gasteiger partial charge on any atom is 0.258 e. The predicted molar refractivity (Wildman–Crippen MR) is 105 cm³/mol. The van der Waals surface area contributed by atoms with Gasteiger partial charge in [-0.2, -0.15) is 10.2 Å². The number of amides is 1. The van der Waals surface area contributed by atoms with Crippen LogP contribution in [0.5, 0.6) is 0 Å². The number of hydrogen-bond acceptors (Lipinski definition) is 6. The molecule has 0 aliphatic carbocycles. The smallest absolute Gasteiger partial charge is 0.258 e. The lowest BCUT2D eigenvalue weighted by Gasteiger charge is -2.16. The van der Waals surface area contributed by atoms with Crippen molar-refractivity contribution in [3.8, 4) is 28.9 Å². The number of carbonyl (C=O) groups excluding carboxylic acids is 1. The number of nitrogens with one attached hydrogen (secondary N) is 2. The second kappa shape index (κ2) is 7.16. The molecule has 1 aliphatic rings. The third-order valence-corrected chi connectivity index (χ3v) is 4.55. The molecule has 0 radical (unpaired) electrons. The zero-order valence-electron chi connectivity index (χ0n) is 15.6.